The topological polar surface area (TPSA) is 60.4 Å². The van der Waals surface area contributed by atoms with Crippen molar-refractivity contribution in [2.45, 2.75) is 0 Å². The Morgan fingerprint density at radius 3 is 1.54 bits per heavy atom. The molecule has 24 heavy (non-hydrogen) atoms. The fourth-order valence-electron chi connectivity index (χ4n) is 2.73. The predicted octanol–water partition coefficient (Wildman–Crippen LogP) is 2.91. The monoisotopic (exact) mass is 316 g/mol. The predicted molar refractivity (Wildman–Crippen MR) is 96.6 cm³/mol. The summed E-state index contributed by atoms with van der Waals surface area (Å²) in [4.78, 5) is 9.06. The fourth-order valence-corrected chi connectivity index (χ4v) is 2.73. The van der Waals surface area contributed by atoms with Crippen molar-refractivity contribution in [2.75, 3.05) is 0 Å². The number of benzene rings is 2. The van der Waals surface area contributed by atoms with E-state index < -0.39 is 0 Å². The maximum atomic E-state index is 4.53. The molecule has 6 heteroatoms. The summed E-state index contributed by atoms with van der Waals surface area (Å²) in [5.74, 6) is 1.52. The lowest BCUT2D eigenvalue weighted by Gasteiger charge is -1.95. The molecule has 0 saturated carbocycles. The Balaban J connectivity index is 1.60. The number of imidazole rings is 2. The number of aromatic nitrogens is 4. The lowest BCUT2D eigenvalue weighted by Crippen LogP contribution is -1.97. The molecule has 0 atom stereocenters. The van der Waals surface area contributed by atoms with Crippen molar-refractivity contribution in [2.24, 2.45) is 24.3 Å². The van der Waals surface area contributed by atoms with Gasteiger partial charge in [0, 0.05) is 14.1 Å². The lowest BCUT2D eigenvalue weighted by molar-refractivity contribution is 0.929. The Bertz CT molecular complexity index is 995. The zero-order valence-corrected chi connectivity index (χ0v) is 13.5. The minimum atomic E-state index is 0.762. The third kappa shape index (κ3) is 2.38. The van der Waals surface area contributed by atoms with E-state index in [-0.39, 0.29) is 0 Å². The second-order valence-corrected chi connectivity index (χ2v) is 5.52. The van der Waals surface area contributed by atoms with Crippen LogP contribution in [0.3, 0.4) is 0 Å². The summed E-state index contributed by atoms with van der Waals surface area (Å²) >= 11 is 0. The summed E-state index contributed by atoms with van der Waals surface area (Å²) in [6.45, 7) is 0. The van der Waals surface area contributed by atoms with E-state index in [1.165, 1.54) is 0 Å². The molecule has 0 fully saturated rings. The third-order valence-electron chi connectivity index (χ3n) is 4.06. The van der Waals surface area contributed by atoms with Gasteiger partial charge in [-0.2, -0.15) is 10.2 Å². The molecule has 2 aromatic heterocycles. The number of nitrogens with zero attached hydrogens (tertiary/aromatic N) is 6. The van der Waals surface area contributed by atoms with Gasteiger partial charge >= 0.3 is 0 Å². The molecule has 0 bridgehead atoms. The van der Waals surface area contributed by atoms with Gasteiger partial charge in [0.05, 0.1) is 34.5 Å². The van der Waals surface area contributed by atoms with Crippen LogP contribution in [0.4, 0.5) is 0 Å². The minimum Gasteiger partial charge on any atom is -0.326 e. The third-order valence-corrected chi connectivity index (χ3v) is 4.06. The van der Waals surface area contributed by atoms with E-state index in [0.29, 0.717) is 0 Å². The van der Waals surface area contributed by atoms with Crippen LogP contribution in [0.5, 0.6) is 0 Å². The maximum absolute atomic E-state index is 4.53. The number of fused-ring (bicyclic) bond motifs is 2. The van der Waals surface area contributed by atoms with Gasteiger partial charge in [0.25, 0.3) is 0 Å². The van der Waals surface area contributed by atoms with Gasteiger partial charge in [-0.25, -0.2) is 9.97 Å². The van der Waals surface area contributed by atoms with Crippen LogP contribution in [0, 0.1) is 0 Å². The summed E-state index contributed by atoms with van der Waals surface area (Å²) in [5.41, 5.74) is 4.03. The van der Waals surface area contributed by atoms with E-state index in [2.05, 4.69) is 20.2 Å². The van der Waals surface area contributed by atoms with E-state index >= 15 is 0 Å². The lowest BCUT2D eigenvalue weighted by atomic mass is 10.3. The van der Waals surface area contributed by atoms with Gasteiger partial charge in [0.15, 0.2) is 11.6 Å². The highest BCUT2D eigenvalue weighted by atomic mass is 15.2. The number of rotatable bonds is 3. The van der Waals surface area contributed by atoms with Crippen molar-refractivity contribution in [1.82, 2.24) is 19.1 Å². The normalized spacial score (nSPS) is 12.2. The van der Waals surface area contributed by atoms with Crippen LogP contribution in [0.2, 0.25) is 0 Å². The van der Waals surface area contributed by atoms with Gasteiger partial charge in [0.1, 0.15) is 0 Å². The number of para-hydroxylation sites is 4. The Morgan fingerprint density at radius 2 is 1.12 bits per heavy atom. The molecule has 4 aromatic rings. The SMILES string of the molecule is Cn1c(/C=N\N=C/c2nc3ccccc3n2C)nc2ccccc21. The second-order valence-electron chi connectivity index (χ2n) is 5.52. The van der Waals surface area contributed by atoms with Crippen molar-refractivity contribution in [3.63, 3.8) is 0 Å². The van der Waals surface area contributed by atoms with Crippen LogP contribution < -0.4 is 0 Å². The van der Waals surface area contributed by atoms with Gasteiger partial charge in [-0.05, 0) is 24.3 Å². The first-order chi connectivity index (χ1) is 11.7. The second kappa shape index (κ2) is 5.73. The van der Waals surface area contributed by atoms with Crippen LogP contribution in [-0.2, 0) is 14.1 Å². The molecule has 6 nitrogen and oxygen atoms in total. The first-order valence-electron chi connectivity index (χ1n) is 7.63. The molecule has 0 radical (unpaired) electrons. The smallest absolute Gasteiger partial charge is 0.153 e. The van der Waals surface area contributed by atoms with Crippen LogP contribution in [-0.4, -0.2) is 31.5 Å². The fraction of sp³-hybridized carbons (Fsp3) is 0.111. The van der Waals surface area contributed by atoms with Crippen LogP contribution in [0.15, 0.2) is 58.7 Å². The van der Waals surface area contributed by atoms with Crippen molar-refractivity contribution in [3.05, 3.63) is 60.2 Å². The molecule has 4 rings (SSSR count). The van der Waals surface area contributed by atoms with Gasteiger partial charge in [-0.15, -0.1) is 0 Å². The molecule has 118 valence electrons. The highest BCUT2D eigenvalue weighted by Gasteiger charge is 2.05. The molecular formula is C18H16N6. The van der Waals surface area contributed by atoms with E-state index in [9.17, 15) is 0 Å². The maximum Gasteiger partial charge on any atom is 0.153 e. The zero-order valence-electron chi connectivity index (χ0n) is 13.5. The van der Waals surface area contributed by atoms with E-state index in [1.807, 2.05) is 71.8 Å². The number of aryl methyl sites for hydroxylation is 2. The average Bonchev–Trinajstić information content (AvgIpc) is 3.10. The number of hydrogen-bond acceptors (Lipinski definition) is 4. The largest absolute Gasteiger partial charge is 0.326 e. The summed E-state index contributed by atoms with van der Waals surface area (Å²) in [6.07, 6.45) is 3.30. The van der Waals surface area contributed by atoms with E-state index in [4.69, 9.17) is 0 Å². The molecular weight excluding hydrogens is 300 g/mol. The average molecular weight is 316 g/mol. The molecule has 0 N–H and O–H groups in total. The molecule has 0 aliphatic carbocycles. The first kappa shape index (κ1) is 14.3. The summed E-state index contributed by atoms with van der Waals surface area (Å²) in [5, 5.41) is 8.22. The van der Waals surface area contributed by atoms with Gasteiger partial charge in [0.2, 0.25) is 0 Å². The van der Waals surface area contributed by atoms with Gasteiger partial charge in [-0.1, -0.05) is 24.3 Å². The Kier molecular flexibility index (Phi) is 3.42. The summed E-state index contributed by atoms with van der Waals surface area (Å²) < 4.78 is 3.98. The van der Waals surface area contributed by atoms with Crippen molar-refractivity contribution in [3.8, 4) is 0 Å². The molecule has 0 unspecified atom stereocenters. The van der Waals surface area contributed by atoms with Crippen LogP contribution >= 0.6 is 0 Å². The van der Waals surface area contributed by atoms with Crippen molar-refractivity contribution in [1.29, 1.82) is 0 Å². The van der Waals surface area contributed by atoms with Gasteiger partial charge < -0.3 is 9.13 Å². The molecule has 2 aromatic carbocycles. The molecule has 0 aliphatic heterocycles. The van der Waals surface area contributed by atoms with E-state index in [1.54, 1.807) is 12.4 Å². The van der Waals surface area contributed by atoms with Gasteiger partial charge in [-0.3, -0.25) is 0 Å². The standard InChI is InChI=1S/C18H16N6/c1-23-15-9-5-3-7-13(15)21-17(23)11-19-20-12-18-22-14-8-4-6-10-16(14)24(18)2/h3-12H,1-2H3/b19-11-,20-12-. The summed E-state index contributed by atoms with van der Waals surface area (Å²) in [6, 6.07) is 16.0. The van der Waals surface area contributed by atoms with Crippen LogP contribution in [0.1, 0.15) is 11.6 Å². The molecule has 0 aliphatic rings. The minimum absolute atomic E-state index is 0.762. The molecule has 0 amide bonds. The van der Waals surface area contributed by atoms with Crippen molar-refractivity contribution >= 4 is 34.5 Å². The highest BCUT2D eigenvalue weighted by molar-refractivity contribution is 5.87. The molecule has 0 saturated heterocycles. The Hall–Kier alpha value is -3.28. The Morgan fingerprint density at radius 1 is 0.708 bits per heavy atom. The van der Waals surface area contributed by atoms with Crippen LogP contribution in [0.25, 0.3) is 22.1 Å². The van der Waals surface area contributed by atoms with E-state index in [0.717, 1.165) is 33.7 Å². The molecule has 2 heterocycles. The zero-order chi connectivity index (χ0) is 16.5. The quantitative estimate of drug-likeness (QED) is 0.431. The number of hydrogen-bond donors (Lipinski definition) is 0. The highest BCUT2D eigenvalue weighted by Crippen LogP contribution is 2.14. The molecule has 0 spiro atoms. The van der Waals surface area contributed by atoms with Crippen molar-refractivity contribution < 1.29 is 0 Å². The first-order valence-corrected chi connectivity index (χ1v) is 7.63. The summed E-state index contributed by atoms with van der Waals surface area (Å²) in [7, 11) is 3.93. The Labute approximate surface area is 138 Å².